The van der Waals surface area contributed by atoms with Gasteiger partial charge in [-0.3, -0.25) is 4.98 Å². The fourth-order valence-electron chi connectivity index (χ4n) is 3.41. The van der Waals surface area contributed by atoms with E-state index in [1.165, 1.54) is 0 Å². The van der Waals surface area contributed by atoms with Gasteiger partial charge in [-0.15, -0.1) is 0 Å². The summed E-state index contributed by atoms with van der Waals surface area (Å²) in [5.41, 5.74) is 1.45. The van der Waals surface area contributed by atoms with Gasteiger partial charge in [-0.2, -0.15) is 4.98 Å². The lowest BCUT2D eigenvalue weighted by Gasteiger charge is -2.40. The van der Waals surface area contributed by atoms with E-state index in [0.29, 0.717) is 24.8 Å². The predicted molar refractivity (Wildman–Crippen MR) is 85.3 cm³/mol. The maximum absolute atomic E-state index is 11.0. The summed E-state index contributed by atoms with van der Waals surface area (Å²) in [4.78, 5) is 10.8. The minimum Gasteiger partial charge on any atom is -0.388 e. The summed E-state index contributed by atoms with van der Waals surface area (Å²) in [5.74, 6) is 1.84. The van der Waals surface area contributed by atoms with E-state index in [4.69, 9.17) is 4.52 Å². The summed E-state index contributed by atoms with van der Waals surface area (Å²) in [7, 11) is 0. The van der Waals surface area contributed by atoms with E-state index in [1.807, 2.05) is 12.3 Å². The molecule has 0 radical (unpaired) electrons. The van der Waals surface area contributed by atoms with Crippen LogP contribution in [0.25, 0.3) is 0 Å². The topological polar surface area (TPSA) is 75.3 Å². The Balaban J connectivity index is 1.49. The lowest BCUT2D eigenvalue weighted by molar-refractivity contribution is 0.0193. The smallest absolute Gasteiger partial charge is 0.229 e. The normalized spacial score (nSPS) is 24.9. The van der Waals surface area contributed by atoms with Gasteiger partial charge in [0.05, 0.1) is 12.0 Å². The van der Waals surface area contributed by atoms with Crippen molar-refractivity contribution in [2.45, 2.75) is 50.5 Å². The predicted octanol–water partition coefficient (Wildman–Crippen LogP) is 2.22. The van der Waals surface area contributed by atoms with Crippen LogP contribution in [0.4, 0.5) is 5.69 Å². The molecule has 0 spiro atoms. The highest BCUT2D eigenvalue weighted by Crippen LogP contribution is 2.38. The summed E-state index contributed by atoms with van der Waals surface area (Å²) >= 11 is 0. The summed E-state index contributed by atoms with van der Waals surface area (Å²) in [6, 6.07) is 2.01. The standard InChI is InChI=1S/C17H22N4O2/c1-12-10-18-7-5-14(12)21-8-2-6-17(22,11-21)9-15-19-16(20-23-15)13-3-4-13/h5,7,10,13,22H,2-4,6,8-9,11H2,1H3. The molecule has 0 amide bonds. The number of anilines is 1. The Morgan fingerprint density at radius 1 is 1.43 bits per heavy atom. The Morgan fingerprint density at radius 3 is 3.09 bits per heavy atom. The van der Waals surface area contributed by atoms with Crippen LogP contribution in [0.2, 0.25) is 0 Å². The largest absolute Gasteiger partial charge is 0.388 e. The van der Waals surface area contributed by atoms with Gasteiger partial charge in [-0.1, -0.05) is 5.16 Å². The van der Waals surface area contributed by atoms with E-state index in [-0.39, 0.29) is 0 Å². The van der Waals surface area contributed by atoms with Gasteiger partial charge in [-0.25, -0.2) is 0 Å². The molecule has 122 valence electrons. The van der Waals surface area contributed by atoms with Crippen LogP contribution in [0.15, 0.2) is 23.0 Å². The molecular weight excluding hydrogens is 292 g/mol. The molecule has 1 atom stereocenters. The number of rotatable bonds is 4. The second-order valence-corrected chi connectivity index (χ2v) is 6.91. The number of hydrogen-bond acceptors (Lipinski definition) is 6. The summed E-state index contributed by atoms with van der Waals surface area (Å²) in [5, 5.41) is 15.1. The number of aromatic nitrogens is 3. The van der Waals surface area contributed by atoms with Gasteiger partial charge in [0, 0.05) is 37.1 Å². The van der Waals surface area contributed by atoms with Crippen molar-refractivity contribution in [1.29, 1.82) is 0 Å². The molecule has 1 aliphatic heterocycles. The molecule has 23 heavy (non-hydrogen) atoms. The third kappa shape index (κ3) is 3.08. The van der Waals surface area contributed by atoms with Crippen LogP contribution < -0.4 is 4.90 Å². The molecule has 2 aromatic rings. The molecule has 6 nitrogen and oxygen atoms in total. The molecule has 0 bridgehead atoms. The minimum atomic E-state index is -0.818. The second-order valence-electron chi connectivity index (χ2n) is 6.91. The number of aryl methyl sites for hydroxylation is 1. The van der Waals surface area contributed by atoms with Gasteiger partial charge in [0.2, 0.25) is 5.89 Å². The molecular formula is C17H22N4O2. The SMILES string of the molecule is Cc1cnccc1N1CCCC(O)(Cc2nc(C3CC3)no2)C1. The van der Waals surface area contributed by atoms with Gasteiger partial charge < -0.3 is 14.5 Å². The molecule has 2 aromatic heterocycles. The highest BCUT2D eigenvalue weighted by atomic mass is 16.5. The lowest BCUT2D eigenvalue weighted by Crippen LogP contribution is -2.49. The van der Waals surface area contributed by atoms with Crippen molar-refractivity contribution < 1.29 is 9.63 Å². The van der Waals surface area contributed by atoms with E-state index in [0.717, 1.165) is 49.3 Å². The zero-order chi connectivity index (χ0) is 15.9. The fraction of sp³-hybridized carbons (Fsp3) is 0.588. The fourth-order valence-corrected chi connectivity index (χ4v) is 3.41. The first-order chi connectivity index (χ1) is 11.1. The van der Waals surface area contributed by atoms with Crippen LogP contribution in [-0.4, -0.2) is 38.9 Å². The van der Waals surface area contributed by atoms with Gasteiger partial charge in [0.1, 0.15) is 0 Å². The zero-order valence-corrected chi connectivity index (χ0v) is 13.4. The quantitative estimate of drug-likeness (QED) is 0.932. The minimum absolute atomic E-state index is 0.424. The Labute approximate surface area is 135 Å². The molecule has 6 heteroatoms. The molecule has 1 aliphatic carbocycles. The van der Waals surface area contributed by atoms with Crippen LogP contribution >= 0.6 is 0 Å². The first kappa shape index (κ1) is 14.6. The Morgan fingerprint density at radius 2 is 2.30 bits per heavy atom. The lowest BCUT2D eigenvalue weighted by atomic mass is 9.89. The van der Waals surface area contributed by atoms with Gasteiger partial charge in [0.15, 0.2) is 5.82 Å². The molecule has 1 N–H and O–H groups in total. The van der Waals surface area contributed by atoms with E-state index >= 15 is 0 Å². The van der Waals surface area contributed by atoms with E-state index < -0.39 is 5.60 Å². The molecule has 0 aromatic carbocycles. The highest BCUT2D eigenvalue weighted by Gasteiger charge is 2.37. The molecule has 1 saturated heterocycles. The van der Waals surface area contributed by atoms with Crippen molar-refractivity contribution >= 4 is 5.69 Å². The van der Waals surface area contributed by atoms with Crippen LogP contribution in [0.5, 0.6) is 0 Å². The second kappa shape index (κ2) is 5.60. The van der Waals surface area contributed by atoms with Crippen LogP contribution in [0, 0.1) is 6.92 Å². The number of nitrogens with zero attached hydrogens (tertiary/aromatic N) is 4. The monoisotopic (exact) mass is 314 g/mol. The van der Waals surface area contributed by atoms with Crippen LogP contribution in [0.1, 0.15) is 48.9 Å². The van der Waals surface area contributed by atoms with Gasteiger partial charge in [-0.05, 0) is 44.2 Å². The summed E-state index contributed by atoms with van der Waals surface area (Å²) in [6.45, 7) is 3.58. The van der Waals surface area contributed by atoms with Crippen molar-refractivity contribution in [3.05, 3.63) is 35.7 Å². The maximum Gasteiger partial charge on any atom is 0.229 e. The number of β-amino-alcohol motifs (C(OH)–C–C–N with tert-alkyl or cyclic N) is 1. The van der Waals surface area contributed by atoms with Crippen molar-refractivity contribution in [3.63, 3.8) is 0 Å². The Hall–Kier alpha value is -1.95. The van der Waals surface area contributed by atoms with Crippen molar-refractivity contribution in [1.82, 2.24) is 15.1 Å². The molecule has 1 saturated carbocycles. The average Bonchev–Trinajstić information content (AvgIpc) is 3.28. The van der Waals surface area contributed by atoms with Crippen molar-refractivity contribution in [2.75, 3.05) is 18.0 Å². The third-order valence-corrected chi connectivity index (χ3v) is 4.79. The molecule has 2 fully saturated rings. The molecule has 4 rings (SSSR count). The molecule has 3 heterocycles. The average molecular weight is 314 g/mol. The number of hydrogen-bond donors (Lipinski definition) is 1. The number of aliphatic hydroxyl groups is 1. The van der Waals surface area contributed by atoms with Crippen LogP contribution in [-0.2, 0) is 6.42 Å². The van der Waals surface area contributed by atoms with Crippen molar-refractivity contribution in [2.24, 2.45) is 0 Å². The van der Waals surface area contributed by atoms with Crippen molar-refractivity contribution in [3.8, 4) is 0 Å². The first-order valence-electron chi connectivity index (χ1n) is 8.33. The Kier molecular flexibility index (Phi) is 3.56. The summed E-state index contributed by atoms with van der Waals surface area (Å²) in [6.07, 6.45) is 8.10. The van der Waals surface area contributed by atoms with E-state index in [2.05, 4.69) is 26.9 Å². The first-order valence-corrected chi connectivity index (χ1v) is 8.33. The Bertz CT molecular complexity index is 697. The highest BCUT2D eigenvalue weighted by molar-refractivity contribution is 5.52. The van der Waals surface area contributed by atoms with E-state index in [1.54, 1.807) is 6.20 Å². The third-order valence-electron chi connectivity index (χ3n) is 4.79. The van der Waals surface area contributed by atoms with Crippen LogP contribution in [0.3, 0.4) is 0 Å². The summed E-state index contributed by atoms with van der Waals surface area (Å²) < 4.78 is 5.35. The number of piperidine rings is 1. The van der Waals surface area contributed by atoms with Gasteiger partial charge >= 0.3 is 0 Å². The zero-order valence-electron chi connectivity index (χ0n) is 13.4. The maximum atomic E-state index is 11.0. The van der Waals surface area contributed by atoms with E-state index in [9.17, 15) is 5.11 Å². The molecule has 2 aliphatic rings. The van der Waals surface area contributed by atoms with Gasteiger partial charge in [0.25, 0.3) is 0 Å². The number of pyridine rings is 1. The molecule has 1 unspecified atom stereocenters.